The molecule has 9 heavy (non-hydrogen) atoms. The van der Waals surface area contributed by atoms with Gasteiger partial charge in [0.2, 0.25) is 6.29 Å². The molecule has 0 aromatic rings. The summed E-state index contributed by atoms with van der Waals surface area (Å²) >= 11 is 0. The van der Waals surface area contributed by atoms with Gasteiger partial charge >= 0.3 is 0 Å². The first-order valence-electron chi connectivity index (χ1n) is 2.77. The Kier molecular flexibility index (Phi) is 4.54. The fraction of sp³-hybridized carbons (Fsp3) is 0.800. The lowest BCUT2D eigenvalue weighted by Crippen LogP contribution is -2.02. The number of rotatable bonds is 4. The minimum atomic E-state index is -0.583. The minimum Gasteiger partial charge on any atom is -0.290 e. The van der Waals surface area contributed by atoms with Gasteiger partial charge in [-0.05, 0) is 12.0 Å². The second kappa shape index (κ2) is 5.12. The summed E-state index contributed by atoms with van der Waals surface area (Å²) in [6, 6.07) is -0.583. The first kappa shape index (κ1) is 7.98. The van der Waals surface area contributed by atoms with Crippen LogP contribution in [0.15, 0.2) is 5.11 Å². The maximum absolute atomic E-state index is 9.90. The molecule has 0 bridgehead atoms. The van der Waals surface area contributed by atoms with E-state index < -0.39 is 6.04 Å². The van der Waals surface area contributed by atoms with Crippen molar-refractivity contribution in [3.05, 3.63) is 10.4 Å². The van der Waals surface area contributed by atoms with Crippen molar-refractivity contribution in [3.63, 3.8) is 0 Å². The number of hydrogen-bond acceptors (Lipinski definition) is 2. The van der Waals surface area contributed by atoms with Crippen LogP contribution < -0.4 is 0 Å². The lowest BCUT2D eigenvalue weighted by atomic mass is 10.2. The Bertz CT molecular complexity index is 128. The second-order valence-corrected chi connectivity index (χ2v) is 1.63. The van der Waals surface area contributed by atoms with Gasteiger partial charge in [0.25, 0.3) is 0 Å². The van der Waals surface area contributed by atoms with Gasteiger partial charge in [-0.15, -0.1) is 0 Å². The van der Waals surface area contributed by atoms with Crippen molar-refractivity contribution in [1.29, 1.82) is 0 Å². The smallest absolute Gasteiger partial charge is 0.207 e. The van der Waals surface area contributed by atoms with Gasteiger partial charge in [0, 0.05) is 4.91 Å². The fourth-order valence-corrected chi connectivity index (χ4v) is 0.476. The van der Waals surface area contributed by atoms with E-state index in [1.165, 1.54) is 0 Å². The van der Waals surface area contributed by atoms with Crippen LogP contribution in [0.2, 0.25) is 0 Å². The van der Waals surface area contributed by atoms with Gasteiger partial charge in [0.15, 0.2) is 0 Å². The molecule has 49 valence electrons. The zero-order valence-corrected chi connectivity index (χ0v) is 5.24. The Labute approximate surface area is 53.5 Å². The van der Waals surface area contributed by atoms with Crippen LogP contribution in [-0.4, -0.2) is 12.3 Å². The highest BCUT2D eigenvalue weighted by Crippen LogP contribution is 1.97. The second-order valence-electron chi connectivity index (χ2n) is 1.63. The number of azide groups is 1. The lowest BCUT2D eigenvalue weighted by Gasteiger charge is -1.94. The molecule has 0 heterocycles. The highest BCUT2D eigenvalue weighted by atomic mass is 16.1. The first-order chi connectivity index (χ1) is 4.35. The molecule has 0 N–H and O–H groups in total. The third kappa shape index (κ3) is 3.55. The Morgan fingerprint density at radius 1 is 1.89 bits per heavy atom. The third-order valence-electron chi connectivity index (χ3n) is 0.889. The van der Waals surface area contributed by atoms with Crippen LogP contribution in [-0.2, 0) is 4.79 Å². The van der Waals surface area contributed by atoms with E-state index in [-0.39, 0.29) is 0 Å². The quantitative estimate of drug-likeness (QED) is 0.320. The Morgan fingerprint density at radius 2 is 2.56 bits per heavy atom. The molecular formula is C5H8N3O. The molecule has 1 unspecified atom stereocenters. The van der Waals surface area contributed by atoms with Crippen molar-refractivity contribution < 1.29 is 4.79 Å². The van der Waals surface area contributed by atoms with Crippen LogP contribution in [0.4, 0.5) is 0 Å². The fourth-order valence-electron chi connectivity index (χ4n) is 0.476. The normalized spacial score (nSPS) is 11.7. The van der Waals surface area contributed by atoms with Crippen molar-refractivity contribution in [3.8, 4) is 0 Å². The molecule has 0 aliphatic rings. The summed E-state index contributed by atoms with van der Waals surface area (Å²) in [7, 11) is 0. The largest absolute Gasteiger partial charge is 0.290 e. The molecule has 1 atom stereocenters. The summed E-state index contributed by atoms with van der Waals surface area (Å²) in [5.41, 5.74) is 7.87. The zero-order chi connectivity index (χ0) is 7.11. The van der Waals surface area contributed by atoms with Gasteiger partial charge in [0.05, 0.1) is 0 Å². The molecule has 1 radical (unpaired) electrons. The van der Waals surface area contributed by atoms with E-state index in [9.17, 15) is 4.79 Å². The molecule has 0 saturated carbocycles. The van der Waals surface area contributed by atoms with Crippen LogP contribution in [0, 0.1) is 0 Å². The molecular weight excluding hydrogens is 118 g/mol. The van der Waals surface area contributed by atoms with Crippen LogP contribution in [0.25, 0.3) is 10.4 Å². The molecule has 0 aliphatic heterocycles. The van der Waals surface area contributed by atoms with E-state index >= 15 is 0 Å². The summed E-state index contributed by atoms with van der Waals surface area (Å²) in [6.45, 7) is 1.91. The molecule has 0 fully saturated rings. The van der Waals surface area contributed by atoms with Crippen LogP contribution in [0.3, 0.4) is 0 Å². The van der Waals surface area contributed by atoms with Crippen molar-refractivity contribution >= 4 is 6.29 Å². The third-order valence-corrected chi connectivity index (χ3v) is 0.889. The standard InChI is InChI=1S/C5H8N3O/c1-2-3-5(4-9)7-8-6/h5H,2-3H2,1H3. The summed E-state index contributed by atoms with van der Waals surface area (Å²) in [5.74, 6) is 0. The summed E-state index contributed by atoms with van der Waals surface area (Å²) < 4.78 is 0. The molecule has 0 aromatic carbocycles. The van der Waals surface area contributed by atoms with E-state index in [0.29, 0.717) is 6.42 Å². The highest BCUT2D eigenvalue weighted by Gasteiger charge is 2.01. The summed E-state index contributed by atoms with van der Waals surface area (Å²) in [6.07, 6.45) is 3.06. The predicted molar refractivity (Wildman–Crippen MR) is 33.5 cm³/mol. The molecule has 0 aromatic heterocycles. The Balaban J connectivity index is 3.67. The molecule has 0 aliphatic carbocycles. The molecule has 4 nitrogen and oxygen atoms in total. The molecule has 0 amide bonds. The lowest BCUT2D eigenvalue weighted by molar-refractivity contribution is 0.534. The summed E-state index contributed by atoms with van der Waals surface area (Å²) in [5, 5.41) is 3.19. The van der Waals surface area contributed by atoms with Crippen LogP contribution in [0.5, 0.6) is 0 Å². The van der Waals surface area contributed by atoms with E-state index in [1.54, 1.807) is 6.29 Å². The van der Waals surface area contributed by atoms with Crippen LogP contribution in [0.1, 0.15) is 19.8 Å². The SMILES string of the molecule is CCCC([C]=O)N=[N+]=[N-]. The average molecular weight is 126 g/mol. The van der Waals surface area contributed by atoms with Gasteiger partial charge in [-0.1, -0.05) is 18.5 Å². The van der Waals surface area contributed by atoms with E-state index in [1.807, 2.05) is 6.92 Å². The molecule has 0 rings (SSSR count). The molecule has 0 saturated heterocycles. The monoisotopic (exact) mass is 126 g/mol. The summed E-state index contributed by atoms with van der Waals surface area (Å²) in [4.78, 5) is 12.4. The van der Waals surface area contributed by atoms with Gasteiger partial charge in [-0.3, -0.25) is 4.79 Å². The Hall–Kier alpha value is -1.02. The van der Waals surface area contributed by atoms with Crippen molar-refractivity contribution in [1.82, 2.24) is 0 Å². The van der Waals surface area contributed by atoms with E-state index in [0.717, 1.165) is 6.42 Å². The average Bonchev–Trinajstić information content (AvgIpc) is 1.88. The maximum atomic E-state index is 9.90. The van der Waals surface area contributed by atoms with Crippen molar-refractivity contribution in [2.24, 2.45) is 5.11 Å². The number of hydrogen-bond donors (Lipinski definition) is 0. The van der Waals surface area contributed by atoms with Gasteiger partial charge in [-0.2, -0.15) is 0 Å². The molecule has 0 spiro atoms. The van der Waals surface area contributed by atoms with E-state index in [4.69, 9.17) is 5.53 Å². The highest BCUT2D eigenvalue weighted by molar-refractivity contribution is 5.58. The topological polar surface area (TPSA) is 65.8 Å². The van der Waals surface area contributed by atoms with Gasteiger partial charge < -0.3 is 0 Å². The maximum Gasteiger partial charge on any atom is 0.207 e. The molecule has 4 heteroatoms. The Morgan fingerprint density at radius 3 is 2.89 bits per heavy atom. The number of nitrogens with zero attached hydrogens (tertiary/aromatic N) is 3. The van der Waals surface area contributed by atoms with Gasteiger partial charge in [-0.25, -0.2) is 0 Å². The predicted octanol–water partition coefficient (Wildman–Crippen LogP) is 1.58. The van der Waals surface area contributed by atoms with Gasteiger partial charge in [0.1, 0.15) is 6.04 Å². The van der Waals surface area contributed by atoms with Crippen molar-refractivity contribution in [2.75, 3.05) is 0 Å². The zero-order valence-electron chi connectivity index (χ0n) is 5.24. The first-order valence-corrected chi connectivity index (χ1v) is 2.77. The van der Waals surface area contributed by atoms with Crippen LogP contribution >= 0.6 is 0 Å². The number of carbonyl (C=O) groups excluding carboxylic acids is 1. The minimum absolute atomic E-state index is 0.583. The van der Waals surface area contributed by atoms with Crippen molar-refractivity contribution in [2.45, 2.75) is 25.8 Å². The van der Waals surface area contributed by atoms with E-state index in [2.05, 4.69) is 10.0 Å².